The van der Waals surface area contributed by atoms with Gasteiger partial charge in [-0.15, -0.1) is 0 Å². The molecule has 2 N–H and O–H groups in total. The van der Waals surface area contributed by atoms with Crippen LogP contribution in [0.3, 0.4) is 0 Å². The van der Waals surface area contributed by atoms with Crippen molar-refractivity contribution in [1.82, 2.24) is 4.98 Å². The average Bonchev–Trinajstić information content (AvgIpc) is 2.04. The van der Waals surface area contributed by atoms with E-state index in [1.807, 2.05) is 13.1 Å². The topological polar surface area (TPSA) is 38.9 Å². The third-order valence-corrected chi connectivity index (χ3v) is 1.82. The van der Waals surface area contributed by atoms with Crippen LogP contribution in [-0.4, -0.2) is 4.98 Å². The minimum atomic E-state index is 0.594. The number of aromatic nitrogens is 1. The summed E-state index contributed by atoms with van der Waals surface area (Å²) in [5.74, 6) is 0. The molecule has 1 aromatic rings. The molecule has 0 radical (unpaired) electrons. The molecule has 0 saturated heterocycles. The summed E-state index contributed by atoms with van der Waals surface area (Å²) in [6, 6.07) is 2.10. The van der Waals surface area contributed by atoms with Gasteiger partial charge in [0.25, 0.3) is 0 Å². The van der Waals surface area contributed by atoms with E-state index in [1.54, 1.807) is 0 Å². The van der Waals surface area contributed by atoms with Gasteiger partial charge in [0.1, 0.15) is 0 Å². The summed E-state index contributed by atoms with van der Waals surface area (Å²) in [5.41, 5.74) is 9.09. The van der Waals surface area contributed by atoms with Crippen molar-refractivity contribution in [2.75, 3.05) is 0 Å². The number of rotatable bonds is 2. The normalized spacial score (nSPS) is 10.1. The summed E-state index contributed by atoms with van der Waals surface area (Å²) in [7, 11) is 0. The second-order valence-corrected chi connectivity index (χ2v) is 2.65. The maximum Gasteiger partial charge on any atom is 0.0375 e. The molecular weight excluding hydrogens is 136 g/mol. The second-order valence-electron chi connectivity index (χ2n) is 2.65. The van der Waals surface area contributed by atoms with E-state index < -0.39 is 0 Å². The molecule has 0 unspecified atom stereocenters. The first-order valence-corrected chi connectivity index (χ1v) is 3.92. The van der Waals surface area contributed by atoms with Crippen molar-refractivity contribution in [1.29, 1.82) is 0 Å². The van der Waals surface area contributed by atoms with E-state index in [2.05, 4.69) is 18.0 Å². The predicted molar refractivity (Wildman–Crippen MR) is 46.2 cm³/mol. The van der Waals surface area contributed by atoms with Gasteiger partial charge in [-0.25, -0.2) is 0 Å². The van der Waals surface area contributed by atoms with Crippen LogP contribution in [0.15, 0.2) is 12.3 Å². The largest absolute Gasteiger partial charge is 0.326 e. The van der Waals surface area contributed by atoms with Crippen molar-refractivity contribution in [2.45, 2.75) is 26.8 Å². The highest BCUT2D eigenvalue weighted by Crippen LogP contribution is 2.08. The van der Waals surface area contributed by atoms with E-state index in [0.29, 0.717) is 6.54 Å². The zero-order valence-electron chi connectivity index (χ0n) is 7.09. The Labute approximate surface area is 67.5 Å². The van der Waals surface area contributed by atoms with Gasteiger partial charge < -0.3 is 5.73 Å². The SMILES string of the molecule is CCc1cc(C)ncc1CN. The number of nitrogens with two attached hydrogens (primary N) is 1. The van der Waals surface area contributed by atoms with Gasteiger partial charge in [-0.2, -0.15) is 0 Å². The van der Waals surface area contributed by atoms with Gasteiger partial charge in [-0.1, -0.05) is 6.92 Å². The van der Waals surface area contributed by atoms with E-state index in [0.717, 1.165) is 17.7 Å². The predicted octanol–water partition coefficient (Wildman–Crippen LogP) is 1.41. The van der Waals surface area contributed by atoms with Gasteiger partial charge in [0.2, 0.25) is 0 Å². The van der Waals surface area contributed by atoms with Crippen molar-refractivity contribution in [3.8, 4) is 0 Å². The molecule has 0 spiro atoms. The first-order chi connectivity index (χ1) is 5.27. The quantitative estimate of drug-likeness (QED) is 0.692. The number of nitrogens with zero attached hydrogens (tertiary/aromatic N) is 1. The smallest absolute Gasteiger partial charge is 0.0375 e. The highest BCUT2D eigenvalue weighted by atomic mass is 14.7. The molecule has 1 heterocycles. The molecule has 1 aromatic heterocycles. The first kappa shape index (κ1) is 8.21. The third-order valence-electron chi connectivity index (χ3n) is 1.82. The zero-order valence-corrected chi connectivity index (χ0v) is 7.09. The first-order valence-electron chi connectivity index (χ1n) is 3.92. The molecule has 0 bridgehead atoms. The number of hydrogen-bond acceptors (Lipinski definition) is 2. The van der Waals surface area contributed by atoms with E-state index in [1.165, 1.54) is 5.56 Å². The molecule has 2 nitrogen and oxygen atoms in total. The number of hydrogen-bond donors (Lipinski definition) is 1. The highest BCUT2D eigenvalue weighted by Gasteiger charge is 1.98. The van der Waals surface area contributed by atoms with Crippen LogP contribution in [0, 0.1) is 6.92 Å². The number of pyridine rings is 1. The Morgan fingerprint density at radius 3 is 2.73 bits per heavy atom. The number of aryl methyl sites for hydroxylation is 2. The zero-order chi connectivity index (χ0) is 8.27. The maximum absolute atomic E-state index is 5.54. The van der Waals surface area contributed by atoms with Crippen LogP contribution in [0.5, 0.6) is 0 Å². The Kier molecular flexibility index (Phi) is 2.60. The van der Waals surface area contributed by atoms with Gasteiger partial charge in [-0.05, 0) is 30.5 Å². The lowest BCUT2D eigenvalue weighted by Gasteiger charge is -2.04. The minimum Gasteiger partial charge on any atom is -0.326 e. The van der Waals surface area contributed by atoms with Crippen molar-refractivity contribution >= 4 is 0 Å². The molecule has 0 amide bonds. The fourth-order valence-electron chi connectivity index (χ4n) is 1.16. The van der Waals surface area contributed by atoms with E-state index in [-0.39, 0.29) is 0 Å². The van der Waals surface area contributed by atoms with Crippen LogP contribution in [0.1, 0.15) is 23.7 Å². The van der Waals surface area contributed by atoms with Gasteiger partial charge in [0, 0.05) is 18.4 Å². The molecule has 11 heavy (non-hydrogen) atoms. The van der Waals surface area contributed by atoms with Crippen molar-refractivity contribution in [3.63, 3.8) is 0 Å². The van der Waals surface area contributed by atoms with Crippen molar-refractivity contribution < 1.29 is 0 Å². The summed E-state index contributed by atoms with van der Waals surface area (Å²) in [5, 5.41) is 0. The third kappa shape index (κ3) is 1.77. The fourth-order valence-corrected chi connectivity index (χ4v) is 1.16. The highest BCUT2D eigenvalue weighted by molar-refractivity contribution is 5.25. The Morgan fingerprint density at radius 2 is 2.18 bits per heavy atom. The lowest BCUT2D eigenvalue weighted by Crippen LogP contribution is -2.02. The van der Waals surface area contributed by atoms with E-state index in [9.17, 15) is 0 Å². The van der Waals surface area contributed by atoms with Crippen LogP contribution < -0.4 is 5.73 Å². The molecule has 60 valence electrons. The maximum atomic E-state index is 5.54. The summed E-state index contributed by atoms with van der Waals surface area (Å²) < 4.78 is 0. The van der Waals surface area contributed by atoms with Crippen molar-refractivity contribution in [2.24, 2.45) is 5.73 Å². The Hall–Kier alpha value is -0.890. The second kappa shape index (κ2) is 3.49. The molecule has 0 atom stereocenters. The van der Waals surface area contributed by atoms with Gasteiger partial charge in [0.05, 0.1) is 0 Å². The lowest BCUT2D eigenvalue weighted by molar-refractivity contribution is 0.969. The van der Waals surface area contributed by atoms with Crippen LogP contribution in [0.25, 0.3) is 0 Å². The van der Waals surface area contributed by atoms with Crippen LogP contribution in [0.2, 0.25) is 0 Å². The molecule has 0 saturated carbocycles. The molecular formula is C9H14N2. The van der Waals surface area contributed by atoms with Gasteiger partial charge >= 0.3 is 0 Å². The summed E-state index contributed by atoms with van der Waals surface area (Å²) >= 11 is 0. The van der Waals surface area contributed by atoms with Gasteiger partial charge in [0.15, 0.2) is 0 Å². The molecule has 2 heteroatoms. The molecule has 0 fully saturated rings. The monoisotopic (exact) mass is 150 g/mol. The standard InChI is InChI=1S/C9H14N2/c1-3-8-4-7(2)11-6-9(8)5-10/h4,6H,3,5,10H2,1-2H3. The summed E-state index contributed by atoms with van der Waals surface area (Å²) in [6.07, 6.45) is 2.91. The van der Waals surface area contributed by atoms with Gasteiger partial charge in [-0.3, -0.25) is 4.98 Å². The minimum absolute atomic E-state index is 0.594. The van der Waals surface area contributed by atoms with Crippen LogP contribution in [-0.2, 0) is 13.0 Å². The molecule has 0 aliphatic rings. The Balaban J connectivity index is 3.06. The summed E-state index contributed by atoms with van der Waals surface area (Å²) in [4.78, 5) is 4.18. The molecule has 0 aliphatic heterocycles. The average molecular weight is 150 g/mol. The van der Waals surface area contributed by atoms with Crippen LogP contribution in [0.4, 0.5) is 0 Å². The molecule has 1 rings (SSSR count). The van der Waals surface area contributed by atoms with Crippen LogP contribution >= 0.6 is 0 Å². The van der Waals surface area contributed by atoms with Crippen molar-refractivity contribution in [3.05, 3.63) is 29.1 Å². The molecule has 0 aliphatic carbocycles. The fraction of sp³-hybridized carbons (Fsp3) is 0.444. The summed E-state index contributed by atoms with van der Waals surface area (Å²) in [6.45, 7) is 4.73. The Morgan fingerprint density at radius 1 is 1.45 bits per heavy atom. The molecule has 0 aromatic carbocycles. The Bertz CT molecular complexity index is 243. The van der Waals surface area contributed by atoms with E-state index in [4.69, 9.17) is 5.73 Å². The van der Waals surface area contributed by atoms with E-state index >= 15 is 0 Å². The lowest BCUT2D eigenvalue weighted by atomic mass is 10.1.